The fourth-order valence-electron chi connectivity index (χ4n) is 3.75. The SMILES string of the molecule is O=C(Nc1ccccc1)c1c(N=Cc2cc3c(cc2Br)OCO3)sc2c1CCCC2. The monoisotopic (exact) mass is 482 g/mol. The van der Waals surface area contributed by atoms with Crippen LogP contribution in [0.4, 0.5) is 10.7 Å². The van der Waals surface area contributed by atoms with Crippen molar-refractivity contribution in [2.75, 3.05) is 12.1 Å². The minimum atomic E-state index is -0.0995. The molecule has 2 aliphatic rings. The van der Waals surface area contributed by atoms with Crippen LogP contribution in [-0.2, 0) is 12.8 Å². The van der Waals surface area contributed by atoms with E-state index < -0.39 is 0 Å². The molecule has 5 nitrogen and oxygen atoms in total. The second kappa shape index (κ2) is 8.24. The Bertz CT molecular complexity index is 1140. The number of para-hydroxylation sites is 1. The quantitative estimate of drug-likeness (QED) is 0.455. The first kappa shape index (κ1) is 19.3. The Morgan fingerprint density at radius 1 is 1.10 bits per heavy atom. The lowest BCUT2D eigenvalue weighted by Crippen LogP contribution is -2.14. The Hall–Kier alpha value is -2.64. The van der Waals surface area contributed by atoms with Crippen molar-refractivity contribution in [2.45, 2.75) is 25.7 Å². The van der Waals surface area contributed by atoms with Crippen molar-refractivity contribution in [3.05, 3.63) is 68.5 Å². The van der Waals surface area contributed by atoms with E-state index in [9.17, 15) is 4.79 Å². The highest BCUT2D eigenvalue weighted by atomic mass is 79.9. The first-order valence-corrected chi connectivity index (χ1v) is 11.4. The van der Waals surface area contributed by atoms with Crippen LogP contribution in [0, 0.1) is 0 Å². The Morgan fingerprint density at radius 2 is 1.87 bits per heavy atom. The number of anilines is 1. The van der Waals surface area contributed by atoms with E-state index in [-0.39, 0.29) is 12.7 Å². The number of aliphatic imine (C=N–C) groups is 1. The maximum Gasteiger partial charge on any atom is 0.259 e. The number of aryl methyl sites for hydroxylation is 1. The molecular weight excluding hydrogens is 464 g/mol. The second-order valence-corrected chi connectivity index (χ2v) is 9.13. The fraction of sp³-hybridized carbons (Fsp3) is 0.217. The minimum absolute atomic E-state index is 0.0995. The summed E-state index contributed by atoms with van der Waals surface area (Å²) in [5.41, 5.74) is 3.51. The molecule has 0 atom stereocenters. The lowest BCUT2D eigenvalue weighted by molar-refractivity contribution is 0.102. The van der Waals surface area contributed by atoms with E-state index in [1.165, 1.54) is 4.88 Å². The van der Waals surface area contributed by atoms with E-state index in [0.29, 0.717) is 17.1 Å². The number of nitrogens with one attached hydrogen (secondary N) is 1. The molecule has 0 saturated heterocycles. The Balaban J connectivity index is 1.50. The van der Waals surface area contributed by atoms with Crippen molar-refractivity contribution in [3.8, 4) is 11.5 Å². The van der Waals surface area contributed by atoms with Gasteiger partial charge in [0.25, 0.3) is 5.91 Å². The van der Waals surface area contributed by atoms with Gasteiger partial charge in [-0.25, -0.2) is 4.99 Å². The van der Waals surface area contributed by atoms with Crippen LogP contribution in [0.25, 0.3) is 0 Å². The predicted molar refractivity (Wildman–Crippen MR) is 123 cm³/mol. The molecular formula is C23H19BrN2O3S. The molecule has 1 N–H and O–H groups in total. The number of carbonyl (C=O) groups is 1. The largest absolute Gasteiger partial charge is 0.454 e. The lowest BCUT2D eigenvalue weighted by Gasteiger charge is -2.12. The molecule has 5 rings (SSSR count). The van der Waals surface area contributed by atoms with Gasteiger partial charge in [0.15, 0.2) is 11.5 Å². The average molecular weight is 483 g/mol. The van der Waals surface area contributed by atoms with Gasteiger partial charge in [-0.2, -0.15) is 0 Å². The third-order valence-corrected chi connectivity index (χ3v) is 7.11. The Kier molecular flexibility index (Phi) is 5.31. The molecule has 0 spiro atoms. The van der Waals surface area contributed by atoms with Gasteiger partial charge in [0, 0.05) is 26.8 Å². The van der Waals surface area contributed by atoms with E-state index in [1.54, 1.807) is 17.6 Å². The highest BCUT2D eigenvalue weighted by Crippen LogP contribution is 2.41. The van der Waals surface area contributed by atoms with Crippen LogP contribution >= 0.6 is 27.3 Å². The van der Waals surface area contributed by atoms with Crippen molar-refractivity contribution in [2.24, 2.45) is 4.99 Å². The van der Waals surface area contributed by atoms with Gasteiger partial charge in [0.1, 0.15) is 5.00 Å². The van der Waals surface area contributed by atoms with Crippen molar-refractivity contribution in [1.29, 1.82) is 0 Å². The molecule has 7 heteroatoms. The van der Waals surface area contributed by atoms with Gasteiger partial charge in [-0.1, -0.05) is 18.2 Å². The normalized spacial score (nSPS) is 14.7. The number of amides is 1. The molecule has 2 aromatic carbocycles. The molecule has 1 aliphatic heterocycles. The van der Waals surface area contributed by atoms with Crippen LogP contribution in [0.3, 0.4) is 0 Å². The van der Waals surface area contributed by atoms with Gasteiger partial charge < -0.3 is 14.8 Å². The third kappa shape index (κ3) is 3.75. The van der Waals surface area contributed by atoms with E-state index in [1.807, 2.05) is 42.5 Å². The number of carbonyl (C=O) groups excluding carboxylic acids is 1. The van der Waals surface area contributed by atoms with Crippen molar-refractivity contribution >= 4 is 50.1 Å². The minimum Gasteiger partial charge on any atom is -0.454 e. The number of fused-ring (bicyclic) bond motifs is 2. The van der Waals surface area contributed by atoms with Crippen LogP contribution in [-0.4, -0.2) is 18.9 Å². The summed E-state index contributed by atoms with van der Waals surface area (Å²) >= 11 is 5.19. The number of benzene rings is 2. The molecule has 1 aromatic heterocycles. The lowest BCUT2D eigenvalue weighted by atomic mass is 9.95. The zero-order valence-corrected chi connectivity index (χ0v) is 18.5. The van der Waals surface area contributed by atoms with Crippen LogP contribution in [0.1, 0.15) is 39.2 Å². The maximum absolute atomic E-state index is 13.2. The Labute approximate surface area is 186 Å². The van der Waals surface area contributed by atoms with Gasteiger partial charge in [0.05, 0.1) is 5.56 Å². The molecule has 1 aliphatic carbocycles. The van der Waals surface area contributed by atoms with Crippen molar-refractivity contribution in [3.63, 3.8) is 0 Å². The van der Waals surface area contributed by atoms with Crippen LogP contribution in [0.15, 0.2) is 51.9 Å². The molecule has 0 radical (unpaired) electrons. The standard InChI is InChI=1S/C23H19BrN2O3S/c24-17-11-19-18(28-13-29-19)10-14(17)12-25-23-21(16-8-4-5-9-20(16)30-23)22(27)26-15-6-2-1-3-7-15/h1-3,6-7,10-12H,4-5,8-9,13H2,(H,26,27). The smallest absolute Gasteiger partial charge is 0.259 e. The number of ether oxygens (including phenoxy) is 2. The molecule has 2 heterocycles. The Morgan fingerprint density at radius 3 is 2.70 bits per heavy atom. The number of nitrogens with zero attached hydrogens (tertiary/aromatic N) is 1. The van der Waals surface area contributed by atoms with Crippen LogP contribution in [0.2, 0.25) is 0 Å². The highest BCUT2D eigenvalue weighted by Gasteiger charge is 2.25. The highest BCUT2D eigenvalue weighted by molar-refractivity contribution is 9.10. The van der Waals surface area contributed by atoms with E-state index in [0.717, 1.165) is 52.0 Å². The average Bonchev–Trinajstić information content (AvgIpc) is 3.36. The summed E-state index contributed by atoms with van der Waals surface area (Å²) in [6.07, 6.45) is 5.97. The molecule has 152 valence electrons. The zero-order chi connectivity index (χ0) is 20.5. The zero-order valence-electron chi connectivity index (χ0n) is 16.1. The third-order valence-electron chi connectivity index (χ3n) is 5.22. The topological polar surface area (TPSA) is 59.9 Å². The summed E-state index contributed by atoms with van der Waals surface area (Å²) in [4.78, 5) is 19.2. The second-order valence-electron chi connectivity index (χ2n) is 7.20. The molecule has 0 saturated carbocycles. The number of rotatable bonds is 4. The summed E-state index contributed by atoms with van der Waals surface area (Å²) in [5.74, 6) is 1.32. The molecule has 0 unspecified atom stereocenters. The predicted octanol–water partition coefficient (Wildman–Crippen LogP) is 6.12. The van der Waals surface area contributed by atoms with E-state index in [4.69, 9.17) is 14.5 Å². The first-order chi connectivity index (χ1) is 14.7. The van der Waals surface area contributed by atoms with Crippen LogP contribution < -0.4 is 14.8 Å². The summed E-state index contributed by atoms with van der Waals surface area (Å²) in [6.45, 7) is 0.226. The van der Waals surface area contributed by atoms with Crippen LogP contribution in [0.5, 0.6) is 11.5 Å². The number of thiophene rings is 1. The van der Waals surface area contributed by atoms with Gasteiger partial charge in [0.2, 0.25) is 6.79 Å². The van der Waals surface area contributed by atoms with Crippen molar-refractivity contribution < 1.29 is 14.3 Å². The molecule has 30 heavy (non-hydrogen) atoms. The number of hydrogen-bond donors (Lipinski definition) is 1. The maximum atomic E-state index is 13.2. The molecule has 3 aromatic rings. The summed E-state index contributed by atoms with van der Waals surface area (Å²) in [5, 5.41) is 3.78. The molecule has 0 fully saturated rings. The molecule has 0 bridgehead atoms. The number of hydrogen-bond acceptors (Lipinski definition) is 5. The van der Waals surface area contributed by atoms with E-state index in [2.05, 4.69) is 21.2 Å². The van der Waals surface area contributed by atoms with Gasteiger partial charge in [-0.3, -0.25) is 4.79 Å². The van der Waals surface area contributed by atoms with E-state index >= 15 is 0 Å². The fourth-order valence-corrected chi connectivity index (χ4v) is 5.41. The summed E-state index contributed by atoms with van der Waals surface area (Å²) in [7, 11) is 0. The van der Waals surface area contributed by atoms with Gasteiger partial charge >= 0.3 is 0 Å². The summed E-state index contributed by atoms with van der Waals surface area (Å²) < 4.78 is 11.8. The van der Waals surface area contributed by atoms with Gasteiger partial charge in [-0.15, -0.1) is 11.3 Å². The molecule has 1 amide bonds. The first-order valence-electron chi connectivity index (χ1n) is 9.83. The number of halogens is 1. The van der Waals surface area contributed by atoms with Crippen molar-refractivity contribution in [1.82, 2.24) is 0 Å². The van der Waals surface area contributed by atoms with Gasteiger partial charge in [-0.05, 0) is 71.4 Å². The summed E-state index contributed by atoms with van der Waals surface area (Å²) in [6, 6.07) is 13.3.